The molecule has 0 spiro atoms. The highest BCUT2D eigenvalue weighted by atomic mass is 16.4. The highest BCUT2D eigenvalue weighted by molar-refractivity contribution is 5.98. The number of aromatic amines is 2. The van der Waals surface area contributed by atoms with E-state index >= 15 is 0 Å². The van der Waals surface area contributed by atoms with E-state index in [2.05, 4.69) is 41.9 Å². The van der Waals surface area contributed by atoms with Crippen LogP contribution in [0.15, 0.2) is 60.9 Å². The highest BCUT2D eigenvalue weighted by Crippen LogP contribution is 2.22. The molecule has 0 aliphatic carbocycles. The van der Waals surface area contributed by atoms with Gasteiger partial charge >= 0.3 is 11.9 Å². The molecule has 4 rings (SSSR count). The molecule has 0 aliphatic rings. The van der Waals surface area contributed by atoms with Crippen molar-refractivity contribution in [2.75, 3.05) is 6.54 Å². The second-order valence-corrected chi connectivity index (χ2v) is 17.1. The summed E-state index contributed by atoms with van der Waals surface area (Å²) in [7, 11) is 0. The normalized spacial score (nSPS) is 15.0. The third-order valence-electron chi connectivity index (χ3n) is 11.2. The van der Waals surface area contributed by atoms with Crippen LogP contribution in [0.3, 0.4) is 0 Å². The highest BCUT2D eigenvalue weighted by Gasteiger charge is 2.34. The van der Waals surface area contributed by atoms with Crippen molar-refractivity contribution >= 4 is 69.2 Å². The van der Waals surface area contributed by atoms with Crippen LogP contribution in [0, 0.1) is 5.92 Å². The zero-order valence-corrected chi connectivity index (χ0v) is 38.1. The number of aromatic nitrogens is 2. The first-order valence-corrected chi connectivity index (χ1v) is 22.3. The lowest BCUT2D eigenvalue weighted by molar-refractivity contribution is -0.143. The molecular formula is C46H64N10O11. The van der Waals surface area contributed by atoms with E-state index in [0.29, 0.717) is 24.0 Å². The summed E-state index contributed by atoms with van der Waals surface area (Å²) in [5.41, 5.74) is 14.3. The SMILES string of the molecule is CC(C)C[C@H](NC(=O)[C@H](Cc1c[nH]c2ccccc12)NC(=O)[C@H](Cc1c[nH]c2ccccc12)NC(=O)[C@H](C)NC(=O)[C@H](CCCCN)NC(=O)[C@@H](NC(=O)[C@@H](N)CCC(=O)O)[C@@H](C)O)C(=O)O. The van der Waals surface area contributed by atoms with Crippen LogP contribution >= 0.6 is 0 Å². The van der Waals surface area contributed by atoms with E-state index < -0.39 is 102 Å². The van der Waals surface area contributed by atoms with Crippen LogP contribution in [0.25, 0.3) is 21.8 Å². The molecule has 21 nitrogen and oxygen atoms in total. The molecule has 6 amide bonds. The van der Waals surface area contributed by atoms with Crippen molar-refractivity contribution < 1.29 is 53.7 Å². The van der Waals surface area contributed by atoms with Crippen LogP contribution in [0.1, 0.15) is 77.3 Å². The van der Waals surface area contributed by atoms with Crippen molar-refractivity contribution in [1.82, 2.24) is 41.9 Å². The summed E-state index contributed by atoms with van der Waals surface area (Å²) in [6.07, 6.45) is 2.09. The number of unbranched alkanes of at least 4 members (excludes halogenated alkanes) is 1. The predicted molar refractivity (Wildman–Crippen MR) is 248 cm³/mol. The van der Waals surface area contributed by atoms with E-state index in [0.717, 1.165) is 21.8 Å². The third-order valence-corrected chi connectivity index (χ3v) is 11.2. The van der Waals surface area contributed by atoms with E-state index in [1.54, 1.807) is 18.5 Å². The number of benzene rings is 2. The minimum absolute atomic E-state index is 0.0348. The molecule has 2 aromatic carbocycles. The van der Waals surface area contributed by atoms with Crippen LogP contribution in [0.2, 0.25) is 0 Å². The molecule has 15 N–H and O–H groups in total. The number of H-pyrrole nitrogens is 2. The number of carbonyl (C=O) groups excluding carboxylic acids is 6. The van der Waals surface area contributed by atoms with E-state index in [4.69, 9.17) is 16.6 Å². The molecule has 4 aromatic rings. The molecule has 0 bridgehead atoms. The standard InChI is InChI=1S/C46H64N10O11/c1-24(2)19-37(46(66)67)55-44(64)36(21-28-23-50-33-14-8-6-12-30(28)33)54-43(63)35(20-27-22-49-32-13-7-5-11-29(27)32)53-40(60)25(3)51-42(62)34(15-9-10-18-47)52-45(65)39(26(4)57)56-41(61)31(48)16-17-38(58)59/h5-8,11-14,22-26,31,34-37,39,49-50,57H,9-10,15-21,47-48H2,1-4H3,(H,51,62)(H,52,65)(H,53,60)(H,54,63)(H,55,64)(H,56,61)(H,58,59)(H,66,67)/t25-,26+,31-,34-,35-,36-,37-,39-/m0/s1. The first-order chi connectivity index (χ1) is 31.8. The third kappa shape index (κ3) is 15.6. The maximum absolute atomic E-state index is 14.5. The summed E-state index contributed by atoms with van der Waals surface area (Å²) in [6, 6.07) is 5.18. The maximum atomic E-state index is 14.5. The van der Waals surface area contributed by atoms with Gasteiger partial charge in [0.05, 0.1) is 12.1 Å². The minimum atomic E-state index is -1.59. The lowest BCUT2D eigenvalue weighted by Crippen LogP contribution is -2.61. The number of nitrogens with two attached hydrogens (primary N) is 2. The molecule has 364 valence electrons. The topological polar surface area (TPSA) is 353 Å². The number of aliphatic hydroxyl groups excluding tert-OH is 1. The van der Waals surface area contributed by atoms with Crippen molar-refractivity contribution in [3.63, 3.8) is 0 Å². The summed E-state index contributed by atoms with van der Waals surface area (Å²) >= 11 is 0. The van der Waals surface area contributed by atoms with Gasteiger partial charge in [0.25, 0.3) is 0 Å². The van der Waals surface area contributed by atoms with Gasteiger partial charge in [0, 0.05) is 53.5 Å². The van der Waals surface area contributed by atoms with Crippen LogP contribution in [0.5, 0.6) is 0 Å². The number of nitrogens with one attached hydrogen (secondary N) is 8. The minimum Gasteiger partial charge on any atom is -0.481 e. The van der Waals surface area contributed by atoms with Crippen molar-refractivity contribution in [3.8, 4) is 0 Å². The first kappa shape index (κ1) is 52.8. The average molecular weight is 933 g/mol. The van der Waals surface area contributed by atoms with Gasteiger partial charge in [-0.1, -0.05) is 50.2 Å². The van der Waals surface area contributed by atoms with Gasteiger partial charge in [-0.3, -0.25) is 33.6 Å². The van der Waals surface area contributed by atoms with E-state index in [9.17, 15) is 48.6 Å². The van der Waals surface area contributed by atoms with Gasteiger partial charge in [-0.15, -0.1) is 0 Å². The number of aliphatic carboxylic acids is 2. The predicted octanol–water partition coefficient (Wildman–Crippen LogP) is 0.196. The molecule has 0 unspecified atom stereocenters. The number of rotatable bonds is 27. The molecule has 2 aromatic heterocycles. The summed E-state index contributed by atoms with van der Waals surface area (Å²) in [5.74, 6) is -7.55. The number of para-hydroxylation sites is 2. The number of hydrogen-bond donors (Lipinski definition) is 13. The zero-order chi connectivity index (χ0) is 49.4. The lowest BCUT2D eigenvalue weighted by Gasteiger charge is -2.27. The summed E-state index contributed by atoms with van der Waals surface area (Å²) in [5, 5.41) is 46.3. The smallest absolute Gasteiger partial charge is 0.326 e. The Kier molecular flexibility index (Phi) is 19.8. The molecule has 8 atom stereocenters. The fourth-order valence-electron chi connectivity index (χ4n) is 7.47. The molecule has 67 heavy (non-hydrogen) atoms. The summed E-state index contributed by atoms with van der Waals surface area (Å²) < 4.78 is 0. The molecule has 0 aliphatic heterocycles. The number of hydrogen-bond acceptors (Lipinski definition) is 11. The Morgan fingerprint density at radius 2 is 1.09 bits per heavy atom. The Morgan fingerprint density at radius 1 is 0.597 bits per heavy atom. The van der Waals surface area contributed by atoms with E-state index in [1.165, 1.54) is 13.8 Å². The van der Waals surface area contributed by atoms with Gasteiger partial charge in [-0.2, -0.15) is 0 Å². The molecule has 0 saturated heterocycles. The second-order valence-electron chi connectivity index (χ2n) is 17.1. The van der Waals surface area contributed by atoms with Crippen LogP contribution in [-0.4, -0.2) is 128 Å². The van der Waals surface area contributed by atoms with Crippen LogP contribution < -0.4 is 43.4 Å². The Morgan fingerprint density at radius 3 is 1.58 bits per heavy atom. The molecule has 0 saturated carbocycles. The van der Waals surface area contributed by atoms with Gasteiger partial charge < -0.3 is 68.7 Å². The summed E-state index contributed by atoms with van der Waals surface area (Å²) in [4.78, 5) is 112. The van der Waals surface area contributed by atoms with Gasteiger partial charge in [0.15, 0.2) is 0 Å². The number of fused-ring (bicyclic) bond motifs is 2. The largest absolute Gasteiger partial charge is 0.481 e. The molecule has 2 heterocycles. The van der Waals surface area contributed by atoms with Crippen molar-refractivity contribution in [1.29, 1.82) is 0 Å². The average Bonchev–Trinajstić information content (AvgIpc) is 3.89. The Hall–Kier alpha value is -6.84. The molecule has 21 heteroatoms. The first-order valence-electron chi connectivity index (χ1n) is 22.3. The lowest BCUT2D eigenvalue weighted by atomic mass is 10.00. The monoisotopic (exact) mass is 932 g/mol. The van der Waals surface area contributed by atoms with Gasteiger partial charge in [0.2, 0.25) is 35.4 Å². The number of amides is 6. The number of aliphatic hydroxyl groups is 1. The fourth-order valence-corrected chi connectivity index (χ4v) is 7.47. The van der Waals surface area contributed by atoms with Gasteiger partial charge in [0.1, 0.15) is 36.3 Å². The van der Waals surface area contributed by atoms with Gasteiger partial charge in [-0.05, 0) is 81.7 Å². The van der Waals surface area contributed by atoms with E-state index in [1.807, 2.05) is 56.3 Å². The number of carbonyl (C=O) groups is 8. The van der Waals surface area contributed by atoms with Crippen molar-refractivity contribution in [2.45, 2.75) is 127 Å². The van der Waals surface area contributed by atoms with Crippen molar-refractivity contribution in [3.05, 3.63) is 72.1 Å². The Bertz CT molecular complexity index is 2360. The zero-order valence-electron chi connectivity index (χ0n) is 38.1. The fraction of sp³-hybridized carbons (Fsp3) is 0.478. The van der Waals surface area contributed by atoms with Crippen LogP contribution in [-0.2, 0) is 51.2 Å². The van der Waals surface area contributed by atoms with Gasteiger partial charge in [-0.25, -0.2) is 4.79 Å². The molecule has 0 fully saturated rings. The Labute approximate surface area is 387 Å². The quantitative estimate of drug-likeness (QED) is 0.0356. The second kappa shape index (κ2) is 25.2. The Balaban J connectivity index is 1.58. The number of carboxylic acid groups (broad SMARTS) is 2. The summed E-state index contributed by atoms with van der Waals surface area (Å²) in [6.45, 7) is 6.48. The maximum Gasteiger partial charge on any atom is 0.326 e. The van der Waals surface area contributed by atoms with E-state index in [-0.39, 0.29) is 44.6 Å². The molecular weight excluding hydrogens is 869 g/mol. The molecule has 0 radical (unpaired) electrons. The van der Waals surface area contributed by atoms with Crippen LogP contribution in [0.4, 0.5) is 0 Å². The van der Waals surface area contributed by atoms with Crippen molar-refractivity contribution in [2.24, 2.45) is 17.4 Å². The number of carboxylic acids is 2.